The van der Waals surface area contributed by atoms with Crippen molar-refractivity contribution in [1.29, 1.82) is 0 Å². The van der Waals surface area contributed by atoms with Crippen LogP contribution in [0.4, 0.5) is 11.4 Å². The van der Waals surface area contributed by atoms with Gasteiger partial charge in [-0.05, 0) is 131 Å². The van der Waals surface area contributed by atoms with Crippen molar-refractivity contribution in [3.05, 3.63) is 214 Å². The van der Waals surface area contributed by atoms with E-state index < -0.39 is 0 Å². The zero-order chi connectivity index (χ0) is 44.3. The van der Waals surface area contributed by atoms with Gasteiger partial charge in [-0.2, -0.15) is 0 Å². The number of allylic oxidation sites excluding steroid dienone is 16. The van der Waals surface area contributed by atoms with Crippen molar-refractivity contribution < 1.29 is 0 Å². The van der Waals surface area contributed by atoms with Crippen molar-refractivity contribution in [2.75, 3.05) is 4.90 Å². The molecule has 64 heavy (non-hydrogen) atoms. The minimum Gasteiger partial charge on any atom is -0.314 e. The van der Waals surface area contributed by atoms with Crippen LogP contribution in [-0.2, 0) is 27.1 Å². The predicted octanol–water partition coefficient (Wildman–Crippen LogP) is 15.7. The monoisotopic (exact) mass is 836 g/mol. The highest BCUT2D eigenvalue weighted by molar-refractivity contribution is 5.84. The summed E-state index contributed by atoms with van der Waals surface area (Å²) < 4.78 is 0. The summed E-state index contributed by atoms with van der Waals surface area (Å²) in [6.07, 6.45) is 36.3. The molecule has 8 aliphatic carbocycles. The maximum atomic E-state index is 2.73. The van der Waals surface area contributed by atoms with Crippen LogP contribution >= 0.6 is 0 Å². The highest BCUT2D eigenvalue weighted by atomic mass is 15.2. The normalized spacial score (nSPS) is 29.4. The summed E-state index contributed by atoms with van der Waals surface area (Å²) in [6.45, 7) is 24.2. The first-order chi connectivity index (χ1) is 30.5. The van der Waals surface area contributed by atoms with Gasteiger partial charge in [0, 0.05) is 46.2 Å². The zero-order valence-corrected chi connectivity index (χ0v) is 39.7. The third-order valence-corrected chi connectivity index (χ3v) is 17.8. The zero-order valence-electron chi connectivity index (χ0n) is 39.7. The summed E-state index contributed by atoms with van der Waals surface area (Å²) in [5, 5.41) is 0. The molecule has 8 atom stereocenters. The molecule has 1 heteroatoms. The van der Waals surface area contributed by atoms with Crippen molar-refractivity contribution in [2.24, 2.45) is 35.5 Å². The van der Waals surface area contributed by atoms with Gasteiger partial charge in [-0.3, -0.25) is 0 Å². The minimum atomic E-state index is -0.242. The van der Waals surface area contributed by atoms with E-state index in [2.05, 4.69) is 238 Å². The van der Waals surface area contributed by atoms with E-state index in [4.69, 9.17) is 0 Å². The maximum absolute atomic E-state index is 2.73. The van der Waals surface area contributed by atoms with E-state index in [1.165, 1.54) is 72.7 Å². The lowest BCUT2D eigenvalue weighted by Crippen LogP contribution is -2.38. The van der Waals surface area contributed by atoms with Gasteiger partial charge in [-0.15, -0.1) is 0 Å². The van der Waals surface area contributed by atoms with Crippen molar-refractivity contribution in [3.63, 3.8) is 0 Å². The Balaban J connectivity index is 1.09. The molecule has 12 rings (SSSR count). The lowest BCUT2D eigenvalue weighted by molar-refractivity contribution is 0.366. The number of hydrogen-bond acceptors (Lipinski definition) is 1. The molecule has 4 aromatic carbocycles. The Morgan fingerprint density at radius 2 is 0.891 bits per heavy atom. The van der Waals surface area contributed by atoms with Crippen LogP contribution in [0.15, 0.2) is 170 Å². The van der Waals surface area contributed by atoms with Gasteiger partial charge in [-0.25, -0.2) is 0 Å². The number of fused-ring (bicyclic) bond motifs is 16. The topological polar surface area (TPSA) is 3.24 Å². The summed E-state index contributed by atoms with van der Waals surface area (Å²) in [5.41, 5.74) is 18.4. The van der Waals surface area contributed by atoms with Crippen LogP contribution in [0.3, 0.4) is 0 Å². The number of benzene rings is 4. The molecule has 0 aliphatic heterocycles. The van der Waals surface area contributed by atoms with E-state index in [1.807, 2.05) is 0 Å². The van der Waals surface area contributed by atoms with Crippen LogP contribution < -0.4 is 4.90 Å². The number of hydrogen-bond donors (Lipinski definition) is 0. The van der Waals surface area contributed by atoms with E-state index in [0.717, 1.165) is 0 Å². The molecule has 4 aromatic rings. The molecule has 0 heterocycles. The molecule has 1 saturated carbocycles. The Morgan fingerprint density at radius 3 is 1.39 bits per heavy atom. The molecule has 0 N–H and O–H groups in total. The predicted molar refractivity (Wildman–Crippen MR) is 270 cm³/mol. The van der Waals surface area contributed by atoms with E-state index in [-0.39, 0.29) is 44.8 Å². The highest BCUT2D eigenvalue weighted by Crippen LogP contribution is 2.70. The highest BCUT2D eigenvalue weighted by Gasteiger charge is 2.64. The summed E-state index contributed by atoms with van der Waals surface area (Å²) in [4.78, 5) is 2.73. The Kier molecular flexibility index (Phi) is 8.37. The van der Waals surface area contributed by atoms with Gasteiger partial charge in [0.25, 0.3) is 0 Å². The number of anilines is 2. The molecule has 0 bridgehead atoms. The van der Waals surface area contributed by atoms with Crippen molar-refractivity contribution in [1.82, 2.24) is 0 Å². The van der Waals surface area contributed by atoms with E-state index in [0.29, 0.717) is 29.6 Å². The van der Waals surface area contributed by atoms with E-state index in [1.54, 1.807) is 0 Å². The number of rotatable bonds is 3. The molecular formula is C63H65N. The second kappa shape index (κ2) is 13.3. The summed E-state index contributed by atoms with van der Waals surface area (Å²) in [7, 11) is 0. The van der Waals surface area contributed by atoms with E-state index in [9.17, 15) is 0 Å². The number of nitrogens with zero attached hydrogens (tertiary/aromatic N) is 1. The molecule has 1 nitrogen and oxygen atoms in total. The van der Waals surface area contributed by atoms with Gasteiger partial charge in [-0.1, -0.05) is 203 Å². The van der Waals surface area contributed by atoms with Crippen LogP contribution in [0, 0.1) is 35.5 Å². The first kappa shape index (κ1) is 40.1. The summed E-state index contributed by atoms with van der Waals surface area (Å²) in [5.74, 6) is 2.79. The third kappa shape index (κ3) is 5.31. The fraction of sp³-hybridized carbons (Fsp3) is 0.365. The Morgan fingerprint density at radius 1 is 0.438 bits per heavy atom. The molecular weight excluding hydrogens is 771 g/mol. The molecule has 0 aromatic heterocycles. The standard InChI is InChI=1S/C63H65N/c1-59(2,3)38-26-30-46-47-31-27-39(60(4,5)6)35-56(47)63(55(46)34-38)51-23-16-13-20-48(51)58-52(63)24-17-25-57(58)64(40-28-32-44-42-18-11-14-21-49(42)61(7,8)53(44)36-40)41-29-33-45-43-19-12-15-22-50(43)62(9,10)54(45)37-41/h11-37,42-43,48-52,58H,1-10H3. The molecule has 8 aliphatic rings. The fourth-order valence-electron chi connectivity index (χ4n) is 14.5. The van der Waals surface area contributed by atoms with Crippen molar-refractivity contribution in [3.8, 4) is 11.1 Å². The maximum Gasteiger partial charge on any atom is 0.0461 e. The summed E-state index contributed by atoms with van der Waals surface area (Å²) >= 11 is 0. The SMILES string of the molecule is CC(C)(C)c1ccc2c(c1)C1(c3cc(C(C)(C)C)ccc3-2)C2C=CC=CC2C2C(N(c3ccc4c(c3)C(C)(C)C3C=CC=CC43)c3ccc4c(c3)C(C)(C)C3C=CC=CC43)=CC=CC21. The first-order valence-corrected chi connectivity index (χ1v) is 24.3. The smallest absolute Gasteiger partial charge is 0.0461 e. The second-order valence-electron chi connectivity index (χ2n) is 23.8. The average molecular weight is 836 g/mol. The second-order valence-corrected chi connectivity index (χ2v) is 23.8. The molecule has 0 radical (unpaired) electrons. The van der Waals surface area contributed by atoms with Crippen LogP contribution in [0.5, 0.6) is 0 Å². The Hall–Kier alpha value is -5.40. The van der Waals surface area contributed by atoms with Crippen molar-refractivity contribution >= 4 is 11.4 Å². The Bertz CT molecular complexity index is 2750. The van der Waals surface area contributed by atoms with Gasteiger partial charge < -0.3 is 4.90 Å². The van der Waals surface area contributed by atoms with Crippen LogP contribution in [0.25, 0.3) is 11.1 Å². The summed E-state index contributed by atoms with van der Waals surface area (Å²) in [6, 6.07) is 30.1. The van der Waals surface area contributed by atoms with E-state index >= 15 is 0 Å². The van der Waals surface area contributed by atoms with Crippen molar-refractivity contribution in [2.45, 2.75) is 108 Å². The average Bonchev–Trinajstić information content (AvgIpc) is 3.91. The van der Waals surface area contributed by atoms with Gasteiger partial charge in [0.15, 0.2) is 0 Å². The van der Waals surface area contributed by atoms with Gasteiger partial charge in [0.2, 0.25) is 0 Å². The third-order valence-electron chi connectivity index (χ3n) is 17.8. The van der Waals surface area contributed by atoms with Crippen LogP contribution in [-0.4, -0.2) is 0 Å². The lowest BCUT2D eigenvalue weighted by atomic mass is 9.62. The fourth-order valence-corrected chi connectivity index (χ4v) is 14.5. The van der Waals surface area contributed by atoms with Gasteiger partial charge in [0.1, 0.15) is 0 Å². The minimum absolute atomic E-state index is 0.00677. The van der Waals surface area contributed by atoms with Crippen LogP contribution in [0.2, 0.25) is 0 Å². The van der Waals surface area contributed by atoms with Gasteiger partial charge in [0.05, 0.1) is 0 Å². The molecule has 322 valence electrons. The molecule has 8 unspecified atom stereocenters. The molecule has 1 spiro atoms. The first-order valence-electron chi connectivity index (χ1n) is 24.3. The molecule has 1 fully saturated rings. The molecule has 0 amide bonds. The van der Waals surface area contributed by atoms with Crippen LogP contribution in [0.1, 0.15) is 126 Å². The molecule has 0 saturated heterocycles. The lowest BCUT2D eigenvalue weighted by Gasteiger charge is -2.42. The largest absolute Gasteiger partial charge is 0.314 e. The quantitative estimate of drug-likeness (QED) is 0.199. The Labute approximate surface area is 383 Å². The van der Waals surface area contributed by atoms with Gasteiger partial charge >= 0.3 is 0 Å².